The molecule has 0 radical (unpaired) electrons. The van der Waals surface area contributed by atoms with E-state index in [1.807, 2.05) is 46.4 Å². The Morgan fingerprint density at radius 3 is 1.62 bits per heavy atom. The van der Waals surface area contributed by atoms with Gasteiger partial charge in [0.1, 0.15) is 0 Å². The van der Waals surface area contributed by atoms with Gasteiger partial charge in [0.25, 0.3) is 5.91 Å². The van der Waals surface area contributed by atoms with E-state index in [-0.39, 0.29) is 5.91 Å². The summed E-state index contributed by atoms with van der Waals surface area (Å²) >= 11 is 0. The van der Waals surface area contributed by atoms with Crippen LogP contribution in [0.4, 0.5) is 0 Å². The number of likely N-dealkylation sites (tertiary alicyclic amines) is 1. The molecule has 124 valence electrons. The molecule has 0 bridgehead atoms. The predicted octanol–water partition coefficient (Wildman–Crippen LogP) is 4.88. The zero-order chi connectivity index (χ0) is 17.7. The van der Waals surface area contributed by atoms with Crippen molar-refractivity contribution >= 4 is 5.91 Å². The first kappa shape index (κ1) is 27.8. The van der Waals surface area contributed by atoms with Crippen molar-refractivity contribution in [3.05, 3.63) is 0 Å². The molecule has 1 fully saturated rings. The summed E-state index contributed by atoms with van der Waals surface area (Å²) < 4.78 is 0. The third kappa shape index (κ3) is 21.0. The first-order valence-electron chi connectivity index (χ1n) is 8.18. The maximum absolute atomic E-state index is 11.3. The first-order chi connectivity index (χ1) is 10.2. The Balaban J connectivity index is -0.000000136. The molecule has 0 saturated carbocycles. The highest BCUT2D eigenvalue weighted by molar-refractivity contribution is 5.93. The van der Waals surface area contributed by atoms with Gasteiger partial charge in [0.2, 0.25) is 0 Å². The summed E-state index contributed by atoms with van der Waals surface area (Å²) in [7, 11) is 0. The molecule has 21 heavy (non-hydrogen) atoms. The van der Waals surface area contributed by atoms with Crippen molar-refractivity contribution in [1.82, 2.24) is 4.90 Å². The summed E-state index contributed by atoms with van der Waals surface area (Å²) in [6.07, 6.45) is 2.24. The van der Waals surface area contributed by atoms with Gasteiger partial charge < -0.3 is 4.90 Å². The van der Waals surface area contributed by atoms with Crippen LogP contribution >= 0.6 is 0 Å². The lowest BCUT2D eigenvalue weighted by molar-refractivity contribution is -0.126. The average Bonchev–Trinajstić information content (AvgIpc) is 2.55. The number of hydrogen-bond acceptors (Lipinski definition) is 2. The van der Waals surface area contributed by atoms with Crippen molar-refractivity contribution in [2.45, 2.75) is 75.2 Å². The quantitative estimate of drug-likeness (QED) is 0.598. The van der Waals surface area contributed by atoms with Crippen LogP contribution < -0.4 is 0 Å². The monoisotopic (exact) mass is 296 g/mol. The van der Waals surface area contributed by atoms with Crippen LogP contribution in [0.3, 0.4) is 0 Å². The van der Waals surface area contributed by atoms with Gasteiger partial charge in [-0.1, -0.05) is 54.4 Å². The predicted molar refractivity (Wildman–Crippen MR) is 93.8 cm³/mol. The molecule has 0 aliphatic carbocycles. The Bertz CT molecular complexity index is 287. The summed E-state index contributed by atoms with van der Waals surface area (Å²) in [5.74, 6) is 5.96. The molecule has 3 nitrogen and oxygen atoms in total. The SMILES string of the molecule is CC.CC.CC.CC#CC(=O)N1CCC(C)CC1.CC#N. The number of rotatable bonds is 0. The number of nitriles is 1. The normalized spacial score (nSPS) is 11.7. The van der Waals surface area contributed by atoms with Crippen LogP contribution in [0, 0.1) is 29.1 Å². The van der Waals surface area contributed by atoms with Crippen LogP contribution in [-0.4, -0.2) is 23.9 Å². The molecular weight excluding hydrogens is 260 g/mol. The third-order valence-corrected chi connectivity index (χ3v) is 2.30. The third-order valence-electron chi connectivity index (χ3n) is 2.30. The Morgan fingerprint density at radius 2 is 1.33 bits per heavy atom. The molecular formula is C18H36N2O. The zero-order valence-corrected chi connectivity index (χ0v) is 15.7. The van der Waals surface area contributed by atoms with Crippen molar-refractivity contribution in [2.24, 2.45) is 5.92 Å². The van der Waals surface area contributed by atoms with Crippen LogP contribution in [-0.2, 0) is 4.79 Å². The first-order valence-corrected chi connectivity index (χ1v) is 8.18. The molecule has 0 aromatic rings. The molecule has 0 aromatic heterocycles. The maximum atomic E-state index is 11.3. The van der Waals surface area contributed by atoms with Gasteiger partial charge in [-0.25, -0.2) is 0 Å². The molecule has 1 aliphatic heterocycles. The van der Waals surface area contributed by atoms with E-state index in [9.17, 15) is 4.79 Å². The van der Waals surface area contributed by atoms with Gasteiger partial charge in [-0.05, 0) is 31.6 Å². The van der Waals surface area contributed by atoms with Gasteiger partial charge in [-0.2, -0.15) is 5.26 Å². The highest BCUT2D eigenvalue weighted by Crippen LogP contribution is 2.15. The molecule has 0 atom stereocenters. The van der Waals surface area contributed by atoms with Crippen LogP contribution in [0.25, 0.3) is 0 Å². The van der Waals surface area contributed by atoms with Crippen LogP contribution in [0.2, 0.25) is 0 Å². The molecule has 1 saturated heterocycles. The van der Waals surface area contributed by atoms with Gasteiger partial charge in [-0.15, -0.1) is 0 Å². The standard InChI is InChI=1S/C10H15NO.C2H3N.3C2H6/c1-3-4-10(12)11-7-5-9(2)6-8-11;1-2-3;3*1-2/h9H,5-8H2,1-2H3;1H3;3*1-2H3. The van der Waals surface area contributed by atoms with E-state index in [1.165, 1.54) is 6.92 Å². The fourth-order valence-electron chi connectivity index (χ4n) is 1.40. The molecule has 0 spiro atoms. The Kier molecular flexibility index (Phi) is 35.7. The summed E-state index contributed by atoms with van der Waals surface area (Å²) in [6.45, 7) is 19.1. The lowest BCUT2D eigenvalue weighted by atomic mass is 9.99. The van der Waals surface area contributed by atoms with E-state index in [1.54, 1.807) is 13.0 Å². The Labute approximate surface area is 133 Å². The van der Waals surface area contributed by atoms with Gasteiger partial charge >= 0.3 is 0 Å². The number of carbonyl (C=O) groups is 1. The van der Waals surface area contributed by atoms with E-state index < -0.39 is 0 Å². The van der Waals surface area contributed by atoms with Gasteiger partial charge in [0, 0.05) is 20.0 Å². The van der Waals surface area contributed by atoms with Crippen molar-refractivity contribution < 1.29 is 4.79 Å². The number of carbonyl (C=O) groups excluding carboxylic acids is 1. The minimum absolute atomic E-state index is 0.00981. The highest BCUT2D eigenvalue weighted by Gasteiger charge is 2.18. The summed E-state index contributed by atoms with van der Waals surface area (Å²) in [6, 6.07) is 1.75. The molecule has 1 rings (SSSR count). The van der Waals surface area contributed by atoms with Crippen molar-refractivity contribution in [3.8, 4) is 17.9 Å². The average molecular weight is 296 g/mol. The molecule has 1 heterocycles. The molecule has 3 heteroatoms. The number of nitrogens with zero attached hydrogens (tertiary/aromatic N) is 2. The fraction of sp³-hybridized carbons (Fsp3) is 0.778. The lowest BCUT2D eigenvalue weighted by Gasteiger charge is -2.28. The Hall–Kier alpha value is -1.48. The molecule has 0 aromatic carbocycles. The van der Waals surface area contributed by atoms with Crippen LogP contribution in [0.1, 0.15) is 75.2 Å². The zero-order valence-electron chi connectivity index (χ0n) is 15.7. The van der Waals surface area contributed by atoms with E-state index in [0.29, 0.717) is 0 Å². The summed E-state index contributed by atoms with van der Waals surface area (Å²) in [5.41, 5.74) is 0. The topological polar surface area (TPSA) is 44.1 Å². The smallest absolute Gasteiger partial charge is 0.298 e. The van der Waals surface area contributed by atoms with Crippen molar-refractivity contribution in [3.63, 3.8) is 0 Å². The van der Waals surface area contributed by atoms with Crippen molar-refractivity contribution in [1.29, 1.82) is 5.26 Å². The van der Waals surface area contributed by atoms with E-state index in [4.69, 9.17) is 5.26 Å². The minimum Gasteiger partial charge on any atom is -0.332 e. The van der Waals surface area contributed by atoms with Gasteiger partial charge in [-0.3, -0.25) is 4.79 Å². The highest BCUT2D eigenvalue weighted by atomic mass is 16.2. The van der Waals surface area contributed by atoms with E-state index in [0.717, 1.165) is 31.8 Å². The van der Waals surface area contributed by atoms with E-state index >= 15 is 0 Å². The Morgan fingerprint density at radius 1 is 1.00 bits per heavy atom. The van der Waals surface area contributed by atoms with E-state index in [2.05, 4.69) is 18.8 Å². The molecule has 0 N–H and O–H groups in total. The maximum Gasteiger partial charge on any atom is 0.298 e. The second kappa shape index (κ2) is 27.0. The number of hydrogen-bond donors (Lipinski definition) is 0. The van der Waals surface area contributed by atoms with Crippen LogP contribution in [0.15, 0.2) is 0 Å². The second-order valence-electron chi connectivity index (χ2n) is 3.57. The van der Waals surface area contributed by atoms with Gasteiger partial charge in [0.05, 0.1) is 6.07 Å². The fourth-order valence-corrected chi connectivity index (χ4v) is 1.40. The number of amides is 1. The molecule has 1 aliphatic rings. The van der Waals surface area contributed by atoms with Gasteiger partial charge in [0.15, 0.2) is 0 Å². The summed E-state index contributed by atoms with van der Waals surface area (Å²) in [4.78, 5) is 13.1. The minimum atomic E-state index is -0.00981. The largest absolute Gasteiger partial charge is 0.332 e. The second-order valence-corrected chi connectivity index (χ2v) is 3.57. The summed E-state index contributed by atoms with van der Waals surface area (Å²) in [5, 5.41) is 7.32. The van der Waals surface area contributed by atoms with Crippen molar-refractivity contribution in [2.75, 3.05) is 13.1 Å². The molecule has 0 unspecified atom stereocenters. The number of piperidine rings is 1. The molecule has 1 amide bonds. The lowest BCUT2D eigenvalue weighted by Crippen LogP contribution is -2.37. The van der Waals surface area contributed by atoms with Crippen LogP contribution in [0.5, 0.6) is 0 Å².